The highest BCUT2D eigenvalue weighted by atomic mass is 35.5. The maximum absolute atomic E-state index is 13.0. The molecule has 0 bridgehead atoms. The van der Waals surface area contributed by atoms with Crippen molar-refractivity contribution in [2.75, 3.05) is 4.72 Å². The number of imidazole rings is 1. The first kappa shape index (κ1) is 20.2. The van der Waals surface area contributed by atoms with Crippen LogP contribution in [0.4, 0.5) is 18.9 Å². The molecule has 0 saturated carbocycles. The van der Waals surface area contributed by atoms with Crippen molar-refractivity contribution < 1.29 is 21.6 Å². The zero-order chi connectivity index (χ0) is 21.5. The molecule has 0 spiro atoms. The largest absolute Gasteiger partial charge is 0.417 e. The number of alkyl halides is 3. The Bertz CT molecular complexity index is 1350. The number of halogens is 4. The van der Waals surface area contributed by atoms with E-state index in [2.05, 4.69) is 14.7 Å². The lowest BCUT2D eigenvalue weighted by atomic mass is 10.1. The van der Waals surface area contributed by atoms with Crippen molar-refractivity contribution in [1.82, 2.24) is 14.5 Å². The highest BCUT2D eigenvalue weighted by molar-refractivity contribution is 7.92. The van der Waals surface area contributed by atoms with Crippen LogP contribution in [-0.2, 0) is 16.2 Å². The van der Waals surface area contributed by atoms with Crippen molar-refractivity contribution in [1.29, 1.82) is 0 Å². The molecule has 0 atom stereocenters. The van der Waals surface area contributed by atoms with E-state index in [0.717, 1.165) is 22.5 Å². The number of rotatable bonds is 4. The predicted molar refractivity (Wildman–Crippen MR) is 106 cm³/mol. The third-order valence-electron chi connectivity index (χ3n) is 4.29. The second kappa shape index (κ2) is 7.29. The fourth-order valence-corrected chi connectivity index (χ4v) is 4.34. The summed E-state index contributed by atoms with van der Waals surface area (Å²) in [5.41, 5.74) is -0.707. The summed E-state index contributed by atoms with van der Waals surface area (Å²) < 4.78 is 68.1. The number of aromatic nitrogens is 3. The summed E-state index contributed by atoms with van der Waals surface area (Å²) in [5, 5.41) is 0.813. The van der Waals surface area contributed by atoms with Crippen LogP contribution in [0.3, 0.4) is 0 Å². The van der Waals surface area contributed by atoms with Crippen LogP contribution in [0.15, 0.2) is 72.3 Å². The SMILES string of the molecule is O=S(=O)(Nc1cccc2ccccc12)c1cncn1-c1ncc(C(F)(F)F)cc1Cl. The molecule has 0 aliphatic carbocycles. The van der Waals surface area contributed by atoms with Crippen molar-refractivity contribution in [2.45, 2.75) is 11.2 Å². The van der Waals surface area contributed by atoms with Crippen LogP contribution < -0.4 is 4.72 Å². The molecule has 11 heteroatoms. The van der Waals surface area contributed by atoms with Gasteiger partial charge in [-0.1, -0.05) is 48.0 Å². The number of nitrogens with zero attached hydrogens (tertiary/aromatic N) is 3. The Morgan fingerprint density at radius 3 is 2.50 bits per heavy atom. The summed E-state index contributed by atoms with van der Waals surface area (Å²) in [6.45, 7) is 0. The Hall–Kier alpha value is -3.11. The first-order valence-corrected chi connectivity index (χ1v) is 10.3. The van der Waals surface area contributed by atoms with Gasteiger partial charge in [0.2, 0.25) is 0 Å². The van der Waals surface area contributed by atoms with E-state index in [1.54, 1.807) is 24.3 Å². The number of hydrogen-bond donors (Lipinski definition) is 1. The lowest BCUT2D eigenvalue weighted by molar-refractivity contribution is -0.137. The second-order valence-corrected chi connectivity index (χ2v) is 8.30. The van der Waals surface area contributed by atoms with Crippen LogP contribution in [0, 0.1) is 0 Å². The summed E-state index contributed by atoms with van der Waals surface area (Å²) in [6, 6.07) is 13.0. The monoisotopic (exact) mass is 452 g/mol. The topological polar surface area (TPSA) is 76.9 Å². The average Bonchev–Trinajstić information content (AvgIpc) is 3.18. The number of anilines is 1. The molecule has 4 rings (SSSR count). The molecule has 4 aromatic rings. The summed E-state index contributed by atoms with van der Waals surface area (Å²) in [6.07, 6.45) is -1.88. The Balaban J connectivity index is 1.75. The van der Waals surface area contributed by atoms with Gasteiger partial charge in [-0.2, -0.15) is 21.6 Å². The fraction of sp³-hybridized carbons (Fsp3) is 0.0526. The number of nitrogens with one attached hydrogen (secondary N) is 1. The van der Waals surface area contributed by atoms with Crippen molar-refractivity contribution in [3.63, 3.8) is 0 Å². The van der Waals surface area contributed by atoms with Crippen LogP contribution in [0.25, 0.3) is 16.6 Å². The zero-order valence-electron chi connectivity index (χ0n) is 14.9. The molecule has 2 aromatic heterocycles. The molecule has 0 aliphatic rings. The number of benzene rings is 2. The number of hydrogen-bond acceptors (Lipinski definition) is 4. The van der Waals surface area contributed by atoms with Gasteiger partial charge in [0.25, 0.3) is 10.0 Å². The number of fused-ring (bicyclic) bond motifs is 1. The number of pyridine rings is 1. The summed E-state index contributed by atoms with van der Waals surface area (Å²) in [4.78, 5) is 7.50. The molecule has 6 nitrogen and oxygen atoms in total. The van der Waals surface area contributed by atoms with E-state index < -0.39 is 21.8 Å². The third-order valence-corrected chi connectivity index (χ3v) is 5.91. The molecule has 0 aliphatic heterocycles. The first-order valence-electron chi connectivity index (χ1n) is 8.43. The molecule has 0 saturated heterocycles. The van der Waals surface area contributed by atoms with Crippen LogP contribution in [0.2, 0.25) is 5.02 Å². The lowest BCUT2D eigenvalue weighted by Crippen LogP contribution is -2.17. The van der Waals surface area contributed by atoms with Gasteiger partial charge in [-0.05, 0) is 17.5 Å². The van der Waals surface area contributed by atoms with E-state index >= 15 is 0 Å². The van der Waals surface area contributed by atoms with E-state index in [4.69, 9.17) is 11.6 Å². The molecular formula is C19H12ClF3N4O2S. The molecule has 0 radical (unpaired) electrons. The van der Waals surface area contributed by atoms with Crippen molar-refractivity contribution in [3.05, 3.63) is 77.8 Å². The van der Waals surface area contributed by atoms with Gasteiger partial charge in [0, 0.05) is 11.6 Å². The van der Waals surface area contributed by atoms with Gasteiger partial charge in [-0.15, -0.1) is 0 Å². The summed E-state index contributed by atoms with van der Waals surface area (Å²) >= 11 is 5.96. The quantitative estimate of drug-likeness (QED) is 0.478. The van der Waals surface area contributed by atoms with Gasteiger partial charge in [0.05, 0.1) is 22.5 Å². The Kier molecular flexibility index (Phi) is 4.91. The molecule has 2 aromatic carbocycles. The van der Waals surface area contributed by atoms with Crippen molar-refractivity contribution in [2.24, 2.45) is 0 Å². The van der Waals surface area contributed by atoms with Crippen molar-refractivity contribution >= 4 is 38.1 Å². The van der Waals surface area contributed by atoms with E-state index in [-0.39, 0.29) is 15.9 Å². The van der Waals surface area contributed by atoms with Gasteiger partial charge in [0.1, 0.15) is 6.33 Å². The minimum atomic E-state index is -4.63. The summed E-state index contributed by atoms with van der Waals surface area (Å²) in [7, 11) is -4.17. The first-order chi connectivity index (χ1) is 14.2. The van der Waals surface area contributed by atoms with Crippen LogP contribution >= 0.6 is 11.6 Å². The standard InChI is InChI=1S/C19H12ClF3N4O2S/c20-15-8-13(19(21,22)23)9-25-18(15)27-11-24-10-17(27)30(28,29)26-16-7-3-5-12-4-1-2-6-14(12)16/h1-11,26H. The van der Waals surface area contributed by atoms with E-state index in [1.165, 1.54) is 0 Å². The molecule has 2 heterocycles. The van der Waals surface area contributed by atoms with Crippen LogP contribution in [-0.4, -0.2) is 23.0 Å². The summed E-state index contributed by atoms with van der Waals surface area (Å²) in [5.74, 6) is -0.194. The Morgan fingerprint density at radius 2 is 1.77 bits per heavy atom. The van der Waals surface area contributed by atoms with Gasteiger partial charge in [-0.3, -0.25) is 9.29 Å². The highest BCUT2D eigenvalue weighted by Crippen LogP contribution is 2.33. The van der Waals surface area contributed by atoms with E-state index in [1.807, 2.05) is 18.2 Å². The predicted octanol–water partition coefficient (Wildman–Crippen LogP) is 4.89. The average molecular weight is 453 g/mol. The highest BCUT2D eigenvalue weighted by Gasteiger charge is 2.32. The molecule has 154 valence electrons. The van der Waals surface area contributed by atoms with Gasteiger partial charge in [0.15, 0.2) is 10.8 Å². The normalized spacial score (nSPS) is 12.3. The molecule has 30 heavy (non-hydrogen) atoms. The minimum Gasteiger partial charge on any atom is -0.278 e. The van der Waals surface area contributed by atoms with Gasteiger partial charge >= 0.3 is 6.18 Å². The van der Waals surface area contributed by atoms with Gasteiger partial charge < -0.3 is 0 Å². The van der Waals surface area contributed by atoms with Crippen molar-refractivity contribution in [3.8, 4) is 5.82 Å². The zero-order valence-corrected chi connectivity index (χ0v) is 16.5. The molecule has 1 N–H and O–H groups in total. The molecule has 0 fully saturated rings. The molecular weight excluding hydrogens is 441 g/mol. The lowest BCUT2D eigenvalue weighted by Gasteiger charge is -2.14. The van der Waals surface area contributed by atoms with Gasteiger partial charge in [-0.25, -0.2) is 9.97 Å². The third kappa shape index (κ3) is 3.71. The second-order valence-electron chi connectivity index (χ2n) is 6.26. The van der Waals surface area contributed by atoms with Crippen LogP contribution in [0.1, 0.15) is 5.56 Å². The Morgan fingerprint density at radius 1 is 1.03 bits per heavy atom. The molecule has 0 amide bonds. The fourth-order valence-electron chi connectivity index (χ4n) is 2.92. The number of sulfonamides is 1. The maximum Gasteiger partial charge on any atom is 0.417 e. The van der Waals surface area contributed by atoms with E-state index in [0.29, 0.717) is 23.3 Å². The smallest absolute Gasteiger partial charge is 0.278 e. The van der Waals surface area contributed by atoms with Crippen LogP contribution in [0.5, 0.6) is 0 Å². The maximum atomic E-state index is 13.0. The Labute approximate surface area is 174 Å². The molecule has 0 unspecified atom stereocenters. The van der Waals surface area contributed by atoms with E-state index in [9.17, 15) is 21.6 Å². The minimum absolute atomic E-state index is 0.194.